The molecule has 1 spiro atoms. The third-order valence-corrected chi connectivity index (χ3v) is 7.31. The first kappa shape index (κ1) is 24.8. The fourth-order valence-corrected chi connectivity index (χ4v) is 5.82. The average Bonchev–Trinajstić information content (AvgIpc) is 2.98. The number of carbonyl (C=O) groups excluding carboxylic acids is 1. The van der Waals surface area contributed by atoms with E-state index in [1.54, 1.807) is 0 Å². The highest BCUT2D eigenvalue weighted by atomic mass is 35.5. The van der Waals surface area contributed by atoms with Gasteiger partial charge in [-0.15, -0.1) is 0 Å². The van der Waals surface area contributed by atoms with Crippen LogP contribution in [-0.2, 0) is 30.4 Å². The van der Waals surface area contributed by atoms with Crippen molar-refractivity contribution in [2.75, 3.05) is 6.26 Å². The van der Waals surface area contributed by atoms with Gasteiger partial charge in [-0.3, -0.25) is 4.79 Å². The van der Waals surface area contributed by atoms with Gasteiger partial charge < -0.3 is 14.2 Å². The second-order valence-electron chi connectivity index (χ2n) is 9.44. The van der Waals surface area contributed by atoms with Gasteiger partial charge in [-0.2, -0.15) is 8.42 Å². The predicted octanol–water partition coefficient (Wildman–Crippen LogP) is 4.98. The lowest BCUT2D eigenvalue weighted by molar-refractivity contribution is -0.116. The summed E-state index contributed by atoms with van der Waals surface area (Å²) < 4.78 is 36.1. The molecule has 1 aliphatic heterocycles. The maximum absolute atomic E-state index is 13.3. The van der Waals surface area contributed by atoms with E-state index in [9.17, 15) is 13.2 Å². The minimum Gasteiger partial charge on any atom is -0.384 e. The van der Waals surface area contributed by atoms with Crippen LogP contribution >= 0.6 is 11.6 Å². The van der Waals surface area contributed by atoms with Gasteiger partial charge in [-0.05, 0) is 80.8 Å². The smallest absolute Gasteiger partial charge is 0.306 e. The molecule has 1 aliphatic carbocycles. The van der Waals surface area contributed by atoms with Crippen molar-refractivity contribution in [2.24, 2.45) is 0 Å². The number of rotatable bonds is 6. The largest absolute Gasteiger partial charge is 0.384 e. The molecule has 0 aromatic heterocycles. The summed E-state index contributed by atoms with van der Waals surface area (Å²) in [7, 11) is -3.84. The summed E-state index contributed by atoms with van der Waals surface area (Å²) in [4.78, 5) is 13.3. The van der Waals surface area contributed by atoms with Crippen LogP contribution in [0.25, 0.3) is 5.57 Å². The SMILES string of the molecule is Cc1cc(C)c(C2=C(OS(C)(=O)=O)C3(CCC(OCc4ccc(Cl)cc4)CC3)NC2=O)c(C)c1. The van der Waals surface area contributed by atoms with Crippen molar-refractivity contribution < 1.29 is 22.1 Å². The van der Waals surface area contributed by atoms with Crippen molar-refractivity contribution in [3.05, 3.63) is 75.0 Å². The minimum absolute atomic E-state index is 0.00425. The first-order chi connectivity index (χ1) is 16.0. The molecule has 2 aliphatic rings. The molecule has 2 aromatic rings. The summed E-state index contributed by atoms with van der Waals surface area (Å²) in [5, 5.41) is 3.77. The number of amides is 1. The summed E-state index contributed by atoms with van der Waals surface area (Å²) in [6.45, 7) is 6.32. The van der Waals surface area contributed by atoms with Gasteiger partial charge in [-0.25, -0.2) is 0 Å². The van der Waals surface area contributed by atoms with E-state index in [0.717, 1.165) is 34.1 Å². The predicted molar refractivity (Wildman–Crippen MR) is 133 cm³/mol. The van der Waals surface area contributed by atoms with E-state index in [4.69, 9.17) is 20.5 Å². The molecule has 1 N–H and O–H groups in total. The van der Waals surface area contributed by atoms with Crippen LogP contribution in [-0.4, -0.2) is 32.2 Å². The standard InChI is InChI=1S/C26H30ClNO5S/c1-16-13-17(2)22(18(3)14-16)23-24(33-34(4,30)31)26(28-25(23)29)11-9-21(10-12-26)32-15-19-5-7-20(27)8-6-19/h5-8,13-14,21H,9-12,15H2,1-4H3,(H,28,29). The highest BCUT2D eigenvalue weighted by Crippen LogP contribution is 2.45. The van der Waals surface area contributed by atoms with Crippen LogP contribution in [0, 0.1) is 20.8 Å². The molecule has 2 aromatic carbocycles. The van der Waals surface area contributed by atoms with Gasteiger partial charge in [0.25, 0.3) is 5.91 Å². The Morgan fingerprint density at radius 1 is 1.06 bits per heavy atom. The number of hydrogen-bond donors (Lipinski definition) is 1. The maximum atomic E-state index is 13.3. The van der Waals surface area contributed by atoms with Crippen molar-refractivity contribution in [3.8, 4) is 0 Å². The molecule has 0 saturated heterocycles. The zero-order chi connectivity index (χ0) is 24.7. The highest BCUT2D eigenvalue weighted by Gasteiger charge is 2.50. The number of nitrogens with one attached hydrogen (secondary N) is 1. The van der Waals surface area contributed by atoms with Crippen LogP contribution < -0.4 is 5.32 Å². The van der Waals surface area contributed by atoms with E-state index in [1.165, 1.54) is 0 Å². The van der Waals surface area contributed by atoms with E-state index in [2.05, 4.69) is 5.32 Å². The third kappa shape index (κ3) is 5.16. The molecule has 0 unspecified atom stereocenters. The summed E-state index contributed by atoms with van der Waals surface area (Å²) in [6, 6.07) is 11.5. The van der Waals surface area contributed by atoms with Crippen molar-refractivity contribution in [1.29, 1.82) is 0 Å². The van der Waals surface area contributed by atoms with Crippen molar-refractivity contribution in [1.82, 2.24) is 5.32 Å². The Kier molecular flexibility index (Phi) is 6.82. The number of benzene rings is 2. The van der Waals surface area contributed by atoms with Crippen LogP contribution in [0.4, 0.5) is 0 Å². The Hall–Kier alpha value is -2.35. The van der Waals surface area contributed by atoms with Gasteiger partial charge in [0.05, 0.1) is 24.5 Å². The Morgan fingerprint density at radius 2 is 1.65 bits per heavy atom. The molecule has 1 heterocycles. The lowest BCUT2D eigenvalue weighted by Crippen LogP contribution is -2.49. The molecule has 8 heteroatoms. The maximum Gasteiger partial charge on any atom is 0.306 e. The van der Waals surface area contributed by atoms with Crippen LogP contribution in [0.3, 0.4) is 0 Å². The van der Waals surface area contributed by atoms with Gasteiger partial charge >= 0.3 is 10.1 Å². The van der Waals surface area contributed by atoms with Crippen LogP contribution in [0.15, 0.2) is 42.2 Å². The summed E-state index contributed by atoms with van der Waals surface area (Å²) >= 11 is 5.95. The first-order valence-electron chi connectivity index (χ1n) is 11.4. The number of hydrogen-bond acceptors (Lipinski definition) is 5. The molecule has 1 fully saturated rings. The van der Waals surface area contributed by atoms with Gasteiger partial charge in [0, 0.05) is 5.02 Å². The molecular formula is C26H30ClNO5S. The Balaban J connectivity index is 1.61. The summed E-state index contributed by atoms with van der Waals surface area (Å²) in [5.74, 6) is -0.0829. The normalized spacial score (nSPS) is 22.9. The van der Waals surface area contributed by atoms with Crippen molar-refractivity contribution >= 4 is 33.2 Å². The third-order valence-electron chi connectivity index (χ3n) is 6.59. The van der Waals surface area contributed by atoms with Crippen molar-refractivity contribution in [3.63, 3.8) is 0 Å². The van der Waals surface area contributed by atoms with Crippen molar-refractivity contribution in [2.45, 2.75) is 64.7 Å². The molecule has 4 rings (SSSR count). The molecule has 34 heavy (non-hydrogen) atoms. The first-order valence-corrected chi connectivity index (χ1v) is 13.6. The average molecular weight is 504 g/mol. The Morgan fingerprint density at radius 3 is 2.21 bits per heavy atom. The fraction of sp³-hybridized carbons (Fsp3) is 0.423. The molecule has 6 nitrogen and oxygen atoms in total. The number of aryl methyl sites for hydroxylation is 3. The number of halogens is 1. The molecular weight excluding hydrogens is 474 g/mol. The summed E-state index contributed by atoms with van der Waals surface area (Å²) in [6.07, 6.45) is 3.42. The van der Waals surface area contributed by atoms with Crippen LogP contribution in [0.1, 0.15) is 53.5 Å². The Bertz CT molecular complexity index is 1220. The van der Waals surface area contributed by atoms with E-state index in [-0.39, 0.29) is 17.8 Å². The lowest BCUT2D eigenvalue weighted by Gasteiger charge is -2.38. The number of carbonyl (C=O) groups is 1. The van der Waals surface area contributed by atoms with E-state index in [1.807, 2.05) is 57.2 Å². The molecule has 0 bridgehead atoms. The number of ether oxygens (including phenoxy) is 1. The van der Waals surface area contributed by atoms with Gasteiger partial charge in [0.2, 0.25) is 0 Å². The van der Waals surface area contributed by atoms with Crippen LogP contribution in [0.2, 0.25) is 5.02 Å². The minimum atomic E-state index is -3.84. The molecule has 1 amide bonds. The van der Waals surface area contributed by atoms with E-state index in [0.29, 0.717) is 42.9 Å². The fourth-order valence-electron chi connectivity index (χ4n) is 5.15. The van der Waals surface area contributed by atoms with Gasteiger partial charge in [-0.1, -0.05) is 41.4 Å². The van der Waals surface area contributed by atoms with Crippen LogP contribution in [0.5, 0.6) is 0 Å². The second kappa shape index (κ2) is 9.36. The van der Waals surface area contributed by atoms with Gasteiger partial charge in [0.1, 0.15) is 5.54 Å². The molecule has 1 saturated carbocycles. The zero-order valence-electron chi connectivity index (χ0n) is 19.9. The summed E-state index contributed by atoms with van der Waals surface area (Å²) in [5.41, 5.74) is 4.13. The second-order valence-corrected chi connectivity index (χ2v) is 11.4. The highest BCUT2D eigenvalue weighted by molar-refractivity contribution is 7.86. The monoisotopic (exact) mass is 503 g/mol. The molecule has 182 valence electrons. The van der Waals surface area contributed by atoms with E-state index < -0.39 is 15.7 Å². The topological polar surface area (TPSA) is 81.7 Å². The molecule has 0 radical (unpaired) electrons. The Labute approximate surface area is 206 Å². The van der Waals surface area contributed by atoms with Gasteiger partial charge in [0.15, 0.2) is 5.76 Å². The lowest BCUT2D eigenvalue weighted by atomic mass is 9.79. The quantitative estimate of drug-likeness (QED) is 0.562. The molecule has 0 atom stereocenters. The van der Waals surface area contributed by atoms with E-state index >= 15 is 0 Å². The zero-order valence-corrected chi connectivity index (χ0v) is 21.5.